The van der Waals surface area contributed by atoms with Crippen LogP contribution in [0.25, 0.3) is 22.5 Å². The van der Waals surface area contributed by atoms with Crippen molar-refractivity contribution in [3.63, 3.8) is 0 Å². The van der Waals surface area contributed by atoms with E-state index in [0.29, 0.717) is 36.3 Å². The fourth-order valence-corrected chi connectivity index (χ4v) is 5.00. The molecule has 0 saturated heterocycles. The lowest BCUT2D eigenvalue weighted by Gasteiger charge is -2.22. The second-order valence-electron chi connectivity index (χ2n) is 9.88. The summed E-state index contributed by atoms with van der Waals surface area (Å²) in [5.41, 5.74) is 1.88. The van der Waals surface area contributed by atoms with E-state index in [1.807, 2.05) is 13.0 Å². The van der Waals surface area contributed by atoms with Crippen molar-refractivity contribution in [3.8, 4) is 28.3 Å². The molecule has 3 aromatic heterocycles. The molecule has 0 unspecified atom stereocenters. The number of nitrogens with one attached hydrogen (secondary N) is 1. The van der Waals surface area contributed by atoms with Gasteiger partial charge in [0.1, 0.15) is 5.75 Å². The number of carbonyl (C=O) groups is 2. The maximum Gasteiger partial charge on any atom is 0.491 e. The van der Waals surface area contributed by atoms with Crippen LogP contribution in [0.4, 0.5) is 18.9 Å². The van der Waals surface area contributed by atoms with Crippen molar-refractivity contribution in [2.24, 2.45) is 13.0 Å². The van der Waals surface area contributed by atoms with Crippen LogP contribution in [0, 0.1) is 5.92 Å². The van der Waals surface area contributed by atoms with Gasteiger partial charge in [0.05, 0.1) is 41.3 Å². The summed E-state index contributed by atoms with van der Waals surface area (Å²) >= 11 is 6.06. The van der Waals surface area contributed by atoms with Crippen LogP contribution in [-0.2, 0) is 16.6 Å². The summed E-state index contributed by atoms with van der Waals surface area (Å²) < 4.78 is 46.1. The van der Waals surface area contributed by atoms with Crippen LogP contribution in [-0.4, -0.2) is 42.4 Å². The number of esters is 1. The van der Waals surface area contributed by atoms with E-state index in [1.54, 1.807) is 30.2 Å². The van der Waals surface area contributed by atoms with Crippen LogP contribution in [0.3, 0.4) is 0 Å². The van der Waals surface area contributed by atoms with E-state index >= 15 is 0 Å². The Labute approximate surface area is 242 Å². The lowest BCUT2D eigenvalue weighted by molar-refractivity contribution is -0.189. The Morgan fingerprint density at radius 1 is 1.12 bits per heavy atom. The number of nitrogens with zero attached hydrogens (tertiary/aromatic N) is 5. The molecule has 4 aromatic rings. The van der Waals surface area contributed by atoms with Gasteiger partial charge in [0.2, 0.25) is 5.91 Å². The van der Waals surface area contributed by atoms with Crippen LogP contribution >= 0.6 is 11.6 Å². The normalized spacial score (nSPS) is 17.4. The molecule has 1 aliphatic rings. The molecular formula is C28H24ClF3N6O4. The average molecular weight is 601 g/mol. The second-order valence-corrected chi connectivity index (χ2v) is 10.3. The van der Waals surface area contributed by atoms with Gasteiger partial charge in [-0.25, -0.2) is 9.78 Å². The Kier molecular flexibility index (Phi) is 7.87. The zero-order valence-corrected chi connectivity index (χ0v) is 23.1. The van der Waals surface area contributed by atoms with Crippen molar-refractivity contribution < 1.29 is 27.5 Å². The van der Waals surface area contributed by atoms with Crippen molar-refractivity contribution in [3.05, 3.63) is 76.2 Å². The molecule has 0 spiro atoms. The standard InChI is InChI=1S/C28H24ClF3N6O4/c1-15-4-3-5-22(20-10-16(8-9-33-20)25-21(36-26(15)40)13-35-37(25)2)38-14-34-19(12-24(38)39)18-11-17(29)6-7-23(18)42-27(41)28(30,31)32/h6-15,22H,3-5H2,1-2H3,(H,36,40)/t15-,22+/m1/s1. The number of halogens is 4. The lowest BCUT2D eigenvalue weighted by Crippen LogP contribution is -2.28. The second kappa shape index (κ2) is 11.4. The highest BCUT2D eigenvalue weighted by atomic mass is 35.5. The zero-order valence-electron chi connectivity index (χ0n) is 22.4. The molecule has 0 aliphatic carbocycles. The minimum atomic E-state index is -5.22. The number of hydrogen-bond acceptors (Lipinski definition) is 7. The predicted octanol–water partition coefficient (Wildman–Crippen LogP) is 5.17. The van der Waals surface area contributed by atoms with E-state index in [2.05, 4.69) is 25.1 Å². The Morgan fingerprint density at radius 3 is 2.64 bits per heavy atom. The molecule has 2 bridgehead atoms. The van der Waals surface area contributed by atoms with Crippen LogP contribution in [0.5, 0.6) is 5.75 Å². The molecule has 0 saturated carbocycles. The van der Waals surface area contributed by atoms with E-state index in [9.17, 15) is 27.6 Å². The number of amides is 1. The molecule has 0 radical (unpaired) electrons. The first-order valence-corrected chi connectivity index (χ1v) is 13.3. The van der Waals surface area contributed by atoms with Gasteiger partial charge in [-0.15, -0.1) is 0 Å². The summed E-state index contributed by atoms with van der Waals surface area (Å²) in [5, 5.41) is 7.37. The number of aromatic nitrogens is 5. The Bertz CT molecular complexity index is 1740. The van der Waals surface area contributed by atoms with Gasteiger partial charge in [0, 0.05) is 41.4 Å². The summed E-state index contributed by atoms with van der Waals surface area (Å²) in [6.45, 7) is 1.82. The van der Waals surface area contributed by atoms with Crippen molar-refractivity contribution >= 4 is 29.2 Å². The summed E-state index contributed by atoms with van der Waals surface area (Å²) in [6.07, 6.45) is 0.775. The molecule has 42 heavy (non-hydrogen) atoms. The molecule has 1 N–H and O–H groups in total. The van der Waals surface area contributed by atoms with E-state index in [-0.39, 0.29) is 28.1 Å². The largest absolute Gasteiger partial charge is 0.491 e. The molecule has 4 heterocycles. The van der Waals surface area contributed by atoms with Gasteiger partial charge in [-0.3, -0.25) is 23.8 Å². The highest BCUT2D eigenvalue weighted by Gasteiger charge is 2.41. The molecule has 0 fully saturated rings. The molecule has 5 rings (SSSR count). The van der Waals surface area contributed by atoms with Crippen LogP contribution in [0.2, 0.25) is 5.02 Å². The van der Waals surface area contributed by atoms with Crippen LogP contribution in [0.15, 0.2) is 59.9 Å². The van der Waals surface area contributed by atoms with Crippen LogP contribution < -0.4 is 15.6 Å². The van der Waals surface area contributed by atoms with Crippen LogP contribution in [0.1, 0.15) is 37.9 Å². The topological polar surface area (TPSA) is 121 Å². The molecule has 1 aliphatic heterocycles. The highest BCUT2D eigenvalue weighted by molar-refractivity contribution is 6.31. The SMILES string of the molecule is C[C@@H]1CCC[C@H](n2cnc(-c3cc(Cl)ccc3OC(=O)C(F)(F)F)cc2=O)c2cc(ccn2)-c2c(cnn2C)NC1=O. The summed E-state index contributed by atoms with van der Waals surface area (Å²) in [4.78, 5) is 46.7. The third-order valence-electron chi connectivity index (χ3n) is 6.98. The monoisotopic (exact) mass is 600 g/mol. The molecular weight excluding hydrogens is 577 g/mol. The number of ether oxygens (including phenoxy) is 1. The zero-order chi connectivity index (χ0) is 30.2. The first-order valence-electron chi connectivity index (χ1n) is 12.9. The van der Waals surface area contributed by atoms with Gasteiger partial charge in [-0.1, -0.05) is 24.9 Å². The maximum atomic E-state index is 13.5. The maximum absolute atomic E-state index is 13.5. The number of rotatable bonds is 3. The van der Waals surface area contributed by atoms with E-state index in [4.69, 9.17) is 11.6 Å². The highest BCUT2D eigenvalue weighted by Crippen LogP contribution is 2.34. The van der Waals surface area contributed by atoms with Gasteiger partial charge in [-0.05, 0) is 43.2 Å². The molecule has 14 heteroatoms. The summed E-state index contributed by atoms with van der Waals surface area (Å²) in [7, 11) is 1.75. The van der Waals surface area contributed by atoms with Crippen molar-refractivity contribution in [1.82, 2.24) is 24.3 Å². The molecule has 1 aromatic carbocycles. The van der Waals surface area contributed by atoms with Crippen molar-refractivity contribution in [1.29, 1.82) is 0 Å². The average Bonchev–Trinajstić information content (AvgIpc) is 3.30. The number of hydrogen-bond donors (Lipinski definition) is 1. The van der Waals surface area contributed by atoms with Crippen molar-refractivity contribution in [2.75, 3.05) is 5.32 Å². The number of fused-ring (bicyclic) bond motifs is 4. The van der Waals surface area contributed by atoms with Gasteiger partial charge >= 0.3 is 12.1 Å². The molecule has 218 valence electrons. The Hall–Kier alpha value is -4.52. The third-order valence-corrected chi connectivity index (χ3v) is 7.21. The molecule has 2 atom stereocenters. The van der Waals surface area contributed by atoms with E-state index in [1.165, 1.54) is 23.0 Å². The number of benzene rings is 1. The number of pyridine rings is 1. The smallest absolute Gasteiger partial charge is 0.419 e. The lowest BCUT2D eigenvalue weighted by atomic mass is 9.97. The number of anilines is 1. The fourth-order valence-electron chi connectivity index (χ4n) is 4.82. The Morgan fingerprint density at radius 2 is 1.90 bits per heavy atom. The van der Waals surface area contributed by atoms with Crippen molar-refractivity contribution in [2.45, 2.75) is 38.4 Å². The predicted molar refractivity (Wildman–Crippen MR) is 147 cm³/mol. The van der Waals surface area contributed by atoms with E-state index < -0.39 is 29.5 Å². The van der Waals surface area contributed by atoms with Gasteiger partial charge in [-0.2, -0.15) is 18.3 Å². The first-order chi connectivity index (χ1) is 19.9. The number of aryl methyl sites for hydroxylation is 1. The third kappa shape index (κ3) is 5.91. The van der Waals surface area contributed by atoms with Gasteiger partial charge in [0.15, 0.2) is 0 Å². The summed E-state index contributed by atoms with van der Waals surface area (Å²) in [6, 6.07) is 7.75. The first kappa shape index (κ1) is 29.0. The summed E-state index contributed by atoms with van der Waals surface area (Å²) in [5.74, 6) is -3.34. The fraction of sp³-hybridized carbons (Fsp3) is 0.286. The van der Waals surface area contributed by atoms with Gasteiger partial charge < -0.3 is 10.1 Å². The molecule has 1 amide bonds. The minimum Gasteiger partial charge on any atom is -0.419 e. The number of carbonyl (C=O) groups excluding carboxylic acids is 2. The van der Waals surface area contributed by atoms with Gasteiger partial charge in [0.25, 0.3) is 5.56 Å². The molecule has 10 nitrogen and oxygen atoms in total. The quantitative estimate of drug-likeness (QED) is 0.254. The Balaban J connectivity index is 1.57. The number of alkyl halides is 3. The minimum absolute atomic E-state index is 0.0385. The van der Waals surface area contributed by atoms with E-state index in [0.717, 1.165) is 17.7 Å².